The number of hydrogen-bond acceptors (Lipinski definition) is 5. The van der Waals surface area contributed by atoms with Crippen LogP contribution in [-0.2, 0) is 10.0 Å². The van der Waals surface area contributed by atoms with Crippen LogP contribution in [0.15, 0.2) is 17.2 Å². The minimum absolute atomic E-state index is 0.0428. The number of nitrogen functional groups attached to an aromatic ring is 1. The van der Waals surface area contributed by atoms with E-state index in [1.54, 1.807) is 4.31 Å². The Labute approximate surface area is 130 Å². The first-order valence-electron chi connectivity index (χ1n) is 6.97. The standard InChI is InChI=1S/C13H21ClN4O2S/c1-3-10-9-17(2)5-4-6-18(10)21(19,20)11-7-12(14)13(15)16-8-11/h7-8,10H,3-6,9H2,1-2H3,(H2,15,16). The highest BCUT2D eigenvalue weighted by Crippen LogP contribution is 2.26. The van der Waals surface area contributed by atoms with Gasteiger partial charge in [0.25, 0.3) is 0 Å². The lowest BCUT2D eigenvalue weighted by atomic mass is 10.2. The Balaban J connectivity index is 2.38. The molecule has 0 spiro atoms. The molecule has 0 aromatic carbocycles. The number of aromatic nitrogens is 1. The second kappa shape index (κ2) is 6.48. The van der Waals surface area contributed by atoms with Gasteiger partial charge in [-0.15, -0.1) is 0 Å². The largest absolute Gasteiger partial charge is 0.382 e. The van der Waals surface area contributed by atoms with Gasteiger partial charge in [-0.05, 0) is 32.5 Å². The number of likely N-dealkylation sites (N-methyl/N-ethyl adjacent to an activating group) is 1. The van der Waals surface area contributed by atoms with Crippen LogP contribution in [0, 0.1) is 0 Å². The van der Waals surface area contributed by atoms with Gasteiger partial charge < -0.3 is 10.6 Å². The molecule has 6 nitrogen and oxygen atoms in total. The van der Waals surface area contributed by atoms with Gasteiger partial charge in [0, 0.05) is 25.3 Å². The van der Waals surface area contributed by atoms with Crippen LogP contribution in [0.3, 0.4) is 0 Å². The quantitative estimate of drug-likeness (QED) is 0.905. The van der Waals surface area contributed by atoms with Crippen LogP contribution in [0.1, 0.15) is 19.8 Å². The van der Waals surface area contributed by atoms with Gasteiger partial charge in [-0.1, -0.05) is 18.5 Å². The Bertz CT molecular complexity index is 608. The molecule has 2 heterocycles. The molecule has 8 heteroatoms. The maximum absolute atomic E-state index is 12.8. The first kappa shape index (κ1) is 16.5. The van der Waals surface area contributed by atoms with Gasteiger partial charge in [-0.2, -0.15) is 4.31 Å². The van der Waals surface area contributed by atoms with E-state index in [4.69, 9.17) is 17.3 Å². The summed E-state index contributed by atoms with van der Waals surface area (Å²) in [6, 6.07) is 1.33. The predicted molar refractivity (Wildman–Crippen MR) is 83.7 cm³/mol. The van der Waals surface area contributed by atoms with E-state index in [1.807, 2.05) is 14.0 Å². The fourth-order valence-corrected chi connectivity index (χ4v) is 4.51. The van der Waals surface area contributed by atoms with Crippen molar-refractivity contribution in [3.8, 4) is 0 Å². The van der Waals surface area contributed by atoms with Crippen molar-refractivity contribution in [2.45, 2.75) is 30.7 Å². The van der Waals surface area contributed by atoms with Crippen molar-refractivity contribution in [1.82, 2.24) is 14.2 Å². The third kappa shape index (κ3) is 3.48. The summed E-state index contributed by atoms with van der Waals surface area (Å²) in [6.07, 6.45) is 2.85. The average molecular weight is 333 g/mol. The van der Waals surface area contributed by atoms with Gasteiger partial charge in [-0.3, -0.25) is 0 Å². The third-order valence-corrected chi connectivity index (χ3v) is 5.99. The maximum Gasteiger partial charge on any atom is 0.244 e. The second-order valence-corrected chi connectivity index (χ2v) is 7.63. The third-order valence-electron chi connectivity index (χ3n) is 3.77. The van der Waals surface area contributed by atoms with Crippen molar-refractivity contribution in [2.75, 3.05) is 32.4 Å². The average Bonchev–Trinajstić information content (AvgIpc) is 2.63. The summed E-state index contributed by atoms with van der Waals surface area (Å²) in [5.74, 6) is 0.137. The van der Waals surface area contributed by atoms with Gasteiger partial charge in [0.05, 0.1) is 5.02 Å². The molecule has 2 N–H and O–H groups in total. The van der Waals surface area contributed by atoms with Crippen LogP contribution in [0.2, 0.25) is 5.02 Å². The molecule has 1 aromatic heterocycles. The molecule has 118 valence electrons. The lowest BCUT2D eigenvalue weighted by Gasteiger charge is -2.29. The van der Waals surface area contributed by atoms with Gasteiger partial charge in [0.15, 0.2) is 0 Å². The van der Waals surface area contributed by atoms with E-state index in [2.05, 4.69) is 9.88 Å². The molecular formula is C13H21ClN4O2S. The van der Waals surface area contributed by atoms with E-state index < -0.39 is 10.0 Å². The molecule has 1 unspecified atom stereocenters. The van der Waals surface area contributed by atoms with Crippen LogP contribution in [0.5, 0.6) is 0 Å². The fourth-order valence-electron chi connectivity index (χ4n) is 2.58. The SMILES string of the molecule is CCC1CN(C)CCCN1S(=O)(=O)c1cnc(N)c(Cl)c1. The Hall–Kier alpha value is -0.890. The zero-order valence-corrected chi connectivity index (χ0v) is 13.9. The lowest BCUT2D eigenvalue weighted by Crippen LogP contribution is -2.43. The maximum atomic E-state index is 12.8. The summed E-state index contributed by atoms with van der Waals surface area (Å²) in [4.78, 5) is 6.12. The van der Waals surface area contributed by atoms with Crippen LogP contribution < -0.4 is 5.73 Å². The smallest absolute Gasteiger partial charge is 0.244 e. The number of rotatable bonds is 3. The van der Waals surface area contributed by atoms with Crippen molar-refractivity contribution in [3.05, 3.63) is 17.3 Å². The highest BCUT2D eigenvalue weighted by atomic mass is 35.5. The van der Waals surface area contributed by atoms with Crippen LogP contribution in [0.25, 0.3) is 0 Å². The summed E-state index contributed by atoms with van der Waals surface area (Å²) >= 11 is 5.91. The number of pyridine rings is 1. The van der Waals surface area contributed by atoms with Crippen LogP contribution in [0.4, 0.5) is 5.82 Å². The van der Waals surface area contributed by atoms with E-state index in [0.29, 0.717) is 6.54 Å². The van der Waals surface area contributed by atoms with Crippen molar-refractivity contribution < 1.29 is 8.42 Å². The summed E-state index contributed by atoms with van der Waals surface area (Å²) in [6.45, 7) is 4.13. The molecule has 1 saturated heterocycles. The Morgan fingerprint density at radius 3 is 2.81 bits per heavy atom. The van der Waals surface area contributed by atoms with E-state index in [1.165, 1.54) is 12.3 Å². The molecule has 21 heavy (non-hydrogen) atoms. The summed E-state index contributed by atoms with van der Waals surface area (Å²) in [5.41, 5.74) is 5.55. The highest BCUT2D eigenvalue weighted by molar-refractivity contribution is 7.89. The molecule has 2 rings (SSSR count). The van der Waals surface area contributed by atoms with E-state index in [-0.39, 0.29) is 21.8 Å². The van der Waals surface area contributed by atoms with Crippen molar-refractivity contribution in [1.29, 1.82) is 0 Å². The molecule has 1 atom stereocenters. The van der Waals surface area contributed by atoms with Gasteiger partial charge >= 0.3 is 0 Å². The van der Waals surface area contributed by atoms with Crippen molar-refractivity contribution in [2.24, 2.45) is 0 Å². The molecule has 0 aliphatic carbocycles. The lowest BCUT2D eigenvalue weighted by molar-refractivity contribution is 0.270. The minimum Gasteiger partial charge on any atom is -0.382 e. The number of hydrogen-bond donors (Lipinski definition) is 1. The number of nitrogens with zero attached hydrogens (tertiary/aromatic N) is 3. The number of anilines is 1. The molecule has 0 radical (unpaired) electrons. The summed E-state index contributed by atoms with van der Waals surface area (Å²) in [5, 5.41) is 0.163. The number of halogens is 1. The first-order valence-corrected chi connectivity index (χ1v) is 8.79. The zero-order chi connectivity index (χ0) is 15.6. The summed E-state index contributed by atoms with van der Waals surface area (Å²) in [7, 11) is -1.59. The van der Waals surface area contributed by atoms with E-state index in [0.717, 1.165) is 25.9 Å². The van der Waals surface area contributed by atoms with Gasteiger partial charge in [-0.25, -0.2) is 13.4 Å². The Kier molecular flexibility index (Phi) is 5.08. The molecule has 1 aliphatic heterocycles. The summed E-state index contributed by atoms with van der Waals surface area (Å²) < 4.78 is 27.3. The van der Waals surface area contributed by atoms with Gasteiger partial charge in [0.2, 0.25) is 10.0 Å². The molecular weight excluding hydrogens is 312 g/mol. The molecule has 0 saturated carbocycles. The van der Waals surface area contributed by atoms with E-state index >= 15 is 0 Å². The Morgan fingerprint density at radius 2 is 2.19 bits per heavy atom. The van der Waals surface area contributed by atoms with Crippen LogP contribution in [-0.4, -0.2) is 55.3 Å². The molecule has 1 aliphatic rings. The zero-order valence-electron chi connectivity index (χ0n) is 12.3. The monoisotopic (exact) mass is 332 g/mol. The fraction of sp³-hybridized carbons (Fsp3) is 0.615. The Morgan fingerprint density at radius 1 is 1.48 bits per heavy atom. The van der Waals surface area contributed by atoms with Crippen molar-refractivity contribution in [3.63, 3.8) is 0 Å². The van der Waals surface area contributed by atoms with Crippen molar-refractivity contribution >= 4 is 27.4 Å². The second-order valence-electron chi connectivity index (χ2n) is 5.33. The topological polar surface area (TPSA) is 79.5 Å². The van der Waals surface area contributed by atoms with Crippen LogP contribution >= 0.6 is 11.6 Å². The normalized spacial score (nSPS) is 22.1. The minimum atomic E-state index is -3.61. The molecule has 0 amide bonds. The first-order chi connectivity index (χ1) is 9.86. The number of sulfonamides is 1. The molecule has 1 aromatic rings. The predicted octanol–water partition coefficient (Wildman–Crippen LogP) is 1.42. The van der Waals surface area contributed by atoms with Gasteiger partial charge in [0.1, 0.15) is 10.7 Å². The van der Waals surface area contributed by atoms with E-state index in [9.17, 15) is 8.42 Å². The molecule has 0 bridgehead atoms. The highest BCUT2D eigenvalue weighted by Gasteiger charge is 2.33. The number of nitrogens with two attached hydrogens (primary N) is 1. The molecule has 1 fully saturated rings.